The average molecular weight is 168 g/mol. The molecule has 1 aliphatic carbocycles. The van der Waals surface area contributed by atoms with Crippen molar-refractivity contribution in [3.05, 3.63) is 12.2 Å². The molecule has 0 aromatic carbocycles. The molecule has 1 heteroatoms. The van der Waals surface area contributed by atoms with Crippen LogP contribution in [0.3, 0.4) is 0 Å². The van der Waals surface area contributed by atoms with Crippen LogP contribution in [0.1, 0.15) is 26.2 Å². The molecule has 0 radical (unpaired) electrons. The van der Waals surface area contributed by atoms with Gasteiger partial charge in [0.15, 0.2) is 0 Å². The molecule has 0 saturated heterocycles. The summed E-state index contributed by atoms with van der Waals surface area (Å²) in [6.45, 7) is 3.66. The van der Waals surface area contributed by atoms with E-state index in [1.807, 2.05) is 0 Å². The fourth-order valence-electron chi connectivity index (χ4n) is 1.66. The average Bonchev–Trinajstić information content (AvgIpc) is 1.81. The molecule has 0 heterocycles. The van der Waals surface area contributed by atoms with E-state index >= 15 is 0 Å². The van der Waals surface area contributed by atoms with E-state index in [1.54, 1.807) is 0 Å². The second-order valence-electron chi connectivity index (χ2n) is 5.38. The quantitative estimate of drug-likeness (QED) is 0.447. The maximum atomic E-state index is 2.36. The first-order valence-electron chi connectivity index (χ1n) is 4.90. The first-order chi connectivity index (χ1) is 5.41. The Morgan fingerprint density at radius 3 is 2.25 bits per heavy atom. The van der Waals surface area contributed by atoms with Gasteiger partial charge in [0.25, 0.3) is 0 Å². The summed E-state index contributed by atoms with van der Waals surface area (Å²) in [4.78, 5) is 0. The van der Waals surface area contributed by atoms with Crippen LogP contribution in [-0.2, 0) is 0 Å². The molecule has 0 aromatic heterocycles. The van der Waals surface area contributed by atoms with Gasteiger partial charge in [0.05, 0.1) is 27.7 Å². The van der Waals surface area contributed by atoms with Crippen LogP contribution in [0.2, 0.25) is 0 Å². The van der Waals surface area contributed by atoms with E-state index in [0.29, 0.717) is 5.41 Å². The fourth-order valence-corrected chi connectivity index (χ4v) is 1.66. The Hall–Kier alpha value is -0.300. The molecule has 0 spiro atoms. The van der Waals surface area contributed by atoms with Crippen molar-refractivity contribution < 1.29 is 4.48 Å². The molecule has 1 atom stereocenters. The lowest BCUT2D eigenvalue weighted by Crippen LogP contribution is -2.36. The number of hydrogen-bond acceptors (Lipinski definition) is 0. The molecule has 12 heavy (non-hydrogen) atoms. The van der Waals surface area contributed by atoms with Crippen molar-refractivity contribution >= 4 is 0 Å². The summed E-state index contributed by atoms with van der Waals surface area (Å²) >= 11 is 0. The predicted molar refractivity (Wildman–Crippen MR) is 54.0 cm³/mol. The van der Waals surface area contributed by atoms with E-state index in [9.17, 15) is 0 Å². The number of nitrogens with zero attached hydrogens (tertiary/aromatic N) is 1. The summed E-state index contributed by atoms with van der Waals surface area (Å²) in [7, 11) is 6.79. The van der Waals surface area contributed by atoms with Crippen LogP contribution in [0.15, 0.2) is 12.2 Å². The molecule has 0 amide bonds. The Morgan fingerprint density at radius 1 is 1.33 bits per heavy atom. The Labute approximate surface area is 76.7 Å². The third kappa shape index (κ3) is 2.98. The maximum absolute atomic E-state index is 2.36. The minimum atomic E-state index is 0.551. The largest absolute Gasteiger partial charge is 0.331 e. The smallest absolute Gasteiger partial charge is 0.0780 e. The highest BCUT2D eigenvalue weighted by molar-refractivity contribution is 5.10. The first kappa shape index (κ1) is 9.79. The minimum absolute atomic E-state index is 0.551. The monoisotopic (exact) mass is 168 g/mol. The van der Waals surface area contributed by atoms with Crippen LogP contribution >= 0.6 is 0 Å². The van der Waals surface area contributed by atoms with Crippen LogP contribution in [0.4, 0.5) is 0 Å². The molecule has 0 bridgehead atoms. The Morgan fingerprint density at radius 2 is 1.92 bits per heavy atom. The molecule has 1 unspecified atom stereocenters. The summed E-state index contributed by atoms with van der Waals surface area (Å²) in [6, 6.07) is 0. The van der Waals surface area contributed by atoms with Crippen molar-refractivity contribution in [3.63, 3.8) is 0 Å². The summed E-state index contributed by atoms with van der Waals surface area (Å²) in [5.74, 6) is 0. The van der Waals surface area contributed by atoms with Gasteiger partial charge in [0, 0.05) is 0 Å². The van der Waals surface area contributed by atoms with Crippen LogP contribution in [0.5, 0.6) is 0 Å². The van der Waals surface area contributed by atoms with Crippen LogP contribution in [0.25, 0.3) is 0 Å². The molecule has 0 saturated carbocycles. The van der Waals surface area contributed by atoms with Gasteiger partial charge in [0.1, 0.15) is 0 Å². The zero-order chi connectivity index (χ0) is 9.24. The maximum Gasteiger partial charge on any atom is 0.0780 e. The van der Waals surface area contributed by atoms with Gasteiger partial charge >= 0.3 is 0 Å². The normalized spacial score (nSPS) is 28.7. The molecule has 0 aromatic rings. The van der Waals surface area contributed by atoms with E-state index in [1.165, 1.54) is 25.8 Å². The second kappa shape index (κ2) is 3.21. The number of rotatable bonds is 4. The fraction of sp³-hybridized carbons (Fsp3) is 0.818. The highest BCUT2D eigenvalue weighted by Gasteiger charge is 2.25. The Kier molecular flexibility index (Phi) is 2.62. The Balaban J connectivity index is 2.15. The minimum Gasteiger partial charge on any atom is -0.331 e. The molecular weight excluding hydrogens is 146 g/mol. The first-order valence-corrected chi connectivity index (χ1v) is 4.90. The molecule has 1 rings (SSSR count). The van der Waals surface area contributed by atoms with Crippen LogP contribution in [0, 0.1) is 5.41 Å². The molecule has 0 fully saturated rings. The van der Waals surface area contributed by atoms with Crippen molar-refractivity contribution in [1.82, 2.24) is 0 Å². The molecule has 1 aliphatic rings. The predicted octanol–water partition coefficient (Wildman–Crippen LogP) is 2.44. The third-order valence-electron chi connectivity index (χ3n) is 2.68. The van der Waals surface area contributed by atoms with E-state index in [0.717, 1.165) is 4.48 Å². The van der Waals surface area contributed by atoms with E-state index in [4.69, 9.17) is 0 Å². The SMILES string of the molecule is CC1(CCC[N+](C)(C)C)C=CC1. The van der Waals surface area contributed by atoms with Gasteiger partial charge in [-0.25, -0.2) is 0 Å². The lowest BCUT2D eigenvalue weighted by atomic mass is 9.75. The molecular formula is C11H22N+. The van der Waals surface area contributed by atoms with Gasteiger partial charge in [-0.15, -0.1) is 0 Å². The third-order valence-corrected chi connectivity index (χ3v) is 2.68. The summed E-state index contributed by atoms with van der Waals surface area (Å²) < 4.78 is 1.10. The van der Waals surface area contributed by atoms with Crippen LogP contribution < -0.4 is 0 Å². The van der Waals surface area contributed by atoms with E-state index in [-0.39, 0.29) is 0 Å². The van der Waals surface area contributed by atoms with Gasteiger partial charge in [-0.3, -0.25) is 0 Å². The molecule has 0 N–H and O–H groups in total. The lowest BCUT2D eigenvalue weighted by molar-refractivity contribution is -0.870. The van der Waals surface area contributed by atoms with Gasteiger partial charge in [-0.1, -0.05) is 19.1 Å². The van der Waals surface area contributed by atoms with E-state index < -0.39 is 0 Å². The standard InChI is InChI=1S/C11H22N/c1-11(7-5-8-11)9-6-10-12(2,3)4/h5,7H,6,8-10H2,1-4H3/q+1. The highest BCUT2D eigenvalue weighted by Crippen LogP contribution is 2.37. The molecule has 70 valence electrons. The molecule has 1 nitrogen and oxygen atoms in total. The zero-order valence-corrected chi connectivity index (χ0v) is 8.93. The zero-order valence-electron chi connectivity index (χ0n) is 8.93. The van der Waals surface area contributed by atoms with Gasteiger partial charge in [-0.05, 0) is 24.7 Å². The van der Waals surface area contributed by atoms with E-state index in [2.05, 4.69) is 40.2 Å². The van der Waals surface area contributed by atoms with Crippen molar-refractivity contribution in [2.24, 2.45) is 5.41 Å². The Bertz CT molecular complexity index is 176. The number of quaternary nitrogens is 1. The van der Waals surface area contributed by atoms with Crippen molar-refractivity contribution in [2.45, 2.75) is 26.2 Å². The number of hydrogen-bond donors (Lipinski definition) is 0. The van der Waals surface area contributed by atoms with Crippen molar-refractivity contribution in [3.8, 4) is 0 Å². The van der Waals surface area contributed by atoms with Gasteiger partial charge in [-0.2, -0.15) is 0 Å². The highest BCUT2D eigenvalue weighted by atomic mass is 15.3. The summed E-state index contributed by atoms with van der Waals surface area (Å²) in [6.07, 6.45) is 8.65. The lowest BCUT2D eigenvalue weighted by Gasteiger charge is -2.33. The second-order valence-corrected chi connectivity index (χ2v) is 5.38. The van der Waals surface area contributed by atoms with Crippen LogP contribution in [-0.4, -0.2) is 32.2 Å². The molecule has 0 aliphatic heterocycles. The summed E-state index contributed by atoms with van der Waals surface area (Å²) in [5.41, 5.74) is 0.551. The van der Waals surface area contributed by atoms with Gasteiger partial charge < -0.3 is 4.48 Å². The van der Waals surface area contributed by atoms with Gasteiger partial charge in [0.2, 0.25) is 0 Å². The summed E-state index contributed by atoms with van der Waals surface area (Å²) in [5, 5.41) is 0. The topological polar surface area (TPSA) is 0 Å². The van der Waals surface area contributed by atoms with Crippen molar-refractivity contribution in [1.29, 1.82) is 0 Å². The number of allylic oxidation sites excluding steroid dienone is 2. The van der Waals surface area contributed by atoms with Crippen molar-refractivity contribution in [2.75, 3.05) is 27.7 Å².